The number of allylic oxidation sites excluding steroid dienone is 3. The number of carbonyl (C=O) groups excluding carboxylic acids is 4. The summed E-state index contributed by atoms with van der Waals surface area (Å²) in [5.74, 6) is -2.82. The molecule has 4 rings (SSSR count). The molecule has 0 aromatic heterocycles. The molecule has 1 aromatic carbocycles. The number of ketones is 1. The van der Waals surface area contributed by atoms with Crippen LogP contribution in [0.4, 0.5) is 0 Å². The van der Waals surface area contributed by atoms with Crippen LogP contribution in [0.25, 0.3) is 17.9 Å². The van der Waals surface area contributed by atoms with Gasteiger partial charge in [-0.2, -0.15) is 0 Å². The van der Waals surface area contributed by atoms with E-state index in [0.717, 1.165) is 28.0 Å². The lowest BCUT2D eigenvalue weighted by Crippen LogP contribution is -2.54. The summed E-state index contributed by atoms with van der Waals surface area (Å²) in [7, 11) is 0. The van der Waals surface area contributed by atoms with E-state index in [9.17, 15) is 24.3 Å². The third-order valence-corrected chi connectivity index (χ3v) is 8.19. The van der Waals surface area contributed by atoms with Gasteiger partial charge < -0.3 is 25.8 Å². The fourth-order valence-electron chi connectivity index (χ4n) is 5.36. The highest BCUT2D eigenvalue weighted by molar-refractivity contribution is 5.94. The number of nitrogens with one attached hydrogen (secondary N) is 3. The molecule has 9 nitrogen and oxygen atoms in total. The van der Waals surface area contributed by atoms with Crippen molar-refractivity contribution in [3.63, 3.8) is 0 Å². The molecule has 0 spiro atoms. The fraction of sp³-hybridized carbons (Fsp3) is 0.457. The van der Waals surface area contributed by atoms with E-state index in [1.54, 1.807) is 39.0 Å². The molecule has 2 aliphatic heterocycles. The van der Waals surface area contributed by atoms with Crippen LogP contribution in [0.3, 0.4) is 0 Å². The molecule has 1 aliphatic carbocycles. The Bertz CT molecular complexity index is 1550. The van der Waals surface area contributed by atoms with Crippen molar-refractivity contribution in [2.24, 2.45) is 11.8 Å². The van der Waals surface area contributed by atoms with Crippen LogP contribution in [0.15, 0.2) is 53.8 Å². The van der Waals surface area contributed by atoms with Gasteiger partial charge in [-0.15, -0.1) is 5.73 Å². The Kier molecular flexibility index (Phi) is 10.8. The first-order valence-corrected chi connectivity index (χ1v) is 15.4. The summed E-state index contributed by atoms with van der Waals surface area (Å²) >= 11 is 0. The number of aliphatic hydroxyl groups excluding tert-OH is 1. The Morgan fingerprint density at radius 3 is 2.50 bits per heavy atom. The number of Topliss-reactive ketones (excluding diaryl/α,β-unsaturated/α-hetero) is 1. The van der Waals surface area contributed by atoms with Crippen molar-refractivity contribution in [3.05, 3.63) is 69.8 Å². The number of cyclic esters (lactones) is 1. The number of hydrogen-bond donors (Lipinski definition) is 4. The summed E-state index contributed by atoms with van der Waals surface area (Å²) in [4.78, 5) is 53.0. The van der Waals surface area contributed by atoms with Crippen molar-refractivity contribution < 1.29 is 29.0 Å². The molecule has 0 saturated carbocycles. The molecule has 1 aromatic rings. The second-order valence-electron chi connectivity index (χ2n) is 12.1. The summed E-state index contributed by atoms with van der Waals surface area (Å²) in [5.41, 5.74) is 5.49. The molecule has 44 heavy (non-hydrogen) atoms. The predicted molar refractivity (Wildman–Crippen MR) is 169 cm³/mol. The van der Waals surface area contributed by atoms with E-state index in [1.807, 2.05) is 43.4 Å². The maximum atomic E-state index is 13.3. The molecule has 4 N–H and O–H groups in total. The van der Waals surface area contributed by atoms with Gasteiger partial charge in [0.1, 0.15) is 18.2 Å². The van der Waals surface area contributed by atoms with E-state index in [0.29, 0.717) is 18.5 Å². The summed E-state index contributed by atoms with van der Waals surface area (Å²) < 4.78 is 5.87. The number of esters is 1. The van der Waals surface area contributed by atoms with Crippen molar-refractivity contribution >= 4 is 41.5 Å². The van der Waals surface area contributed by atoms with Crippen LogP contribution < -0.4 is 26.4 Å². The Balaban J connectivity index is 1.71. The van der Waals surface area contributed by atoms with Gasteiger partial charge in [0, 0.05) is 17.3 Å². The highest BCUT2D eigenvalue weighted by Gasteiger charge is 2.31. The molecule has 0 radical (unpaired) electrons. The van der Waals surface area contributed by atoms with E-state index in [1.165, 1.54) is 6.92 Å². The minimum Gasteiger partial charge on any atom is -0.456 e. The topological polar surface area (TPSA) is 134 Å². The van der Waals surface area contributed by atoms with Gasteiger partial charge in [-0.25, -0.2) is 4.79 Å². The maximum absolute atomic E-state index is 13.3. The van der Waals surface area contributed by atoms with Crippen LogP contribution in [0.2, 0.25) is 0 Å². The molecular formula is C35H43N3O6. The lowest BCUT2D eigenvalue weighted by molar-refractivity contribution is -0.149. The van der Waals surface area contributed by atoms with Crippen LogP contribution in [-0.4, -0.2) is 59.0 Å². The zero-order chi connectivity index (χ0) is 32.0. The smallest absolute Gasteiger partial charge is 0.329 e. The van der Waals surface area contributed by atoms with Crippen molar-refractivity contribution in [3.8, 4) is 0 Å². The number of benzene rings is 1. The first-order chi connectivity index (χ1) is 20.9. The first kappa shape index (κ1) is 32.7. The van der Waals surface area contributed by atoms with Crippen LogP contribution >= 0.6 is 0 Å². The fourth-order valence-corrected chi connectivity index (χ4v) is 5.36. The minimum absolute atomic E-state index is 0.00622. The normalized spacial score (nSPS) is 28.1. The number of aliphatic hydroxyl groups is 1. The van der Waals surface area contributed by atoms with Crippen molar-refractivity contribution in [2.45, 2.75) is 90.6 Å². The average molecular weight is 602 g/mol. The van der Waals surface area contributed by atoms with E-state index in [2.05, 4.69) is 21.7 Å². The van der Waals surface area contributed by atoms with Gasteiger partial charge in [-0.05, 0) is 74.4 Å². The van der Waals surface area contributed by atoms with Gasteiger partial charge in [0.05, 0.1) is 18.1 Å². The summed E-state index contributed by atoms with van der Waals surface area (Å²) in [6.45, 7) is 8.54. The van der Waals surface area contributed by atoms with Crippen LogP contribution in [0.5, 0.6) is 0 Å². The molecule has 9 heteroatoms. The Morgan fingerprint density at radius 1 is 1.00 bits per heavy atom. The second kappa shape index (κ2) is 14.5. The molecule has 0 unspecified atom stereocenters. The predicted octanol–water partition coefficient (Wildman–Crippen LogP) is 1.93. The Hall–Kier alpha value is -4.20. The Labute approximate surface area is 258 Å². The largest absolute Gasteiger partial charge is 0.456 e. The number of carbonyl (C=O) groups is 4. The monoisotopic (exact) mass is 601 g/mol. The molecule has 5 bridgehead atoms. The van der Waals surface area contributed by atoms with Gasteiger partial charge in [0.15, 0.2) is 5.78 Å². The zero-order valence-corrected chi connectivity index (χ0v) is 26.1. The standard InChI is InChI=1S/C35H43N3O6/c1-20(2)32-34(42)36-21(3)31(40)19-28-8-6-7-9-30(37-28)35(43)44-23(5)25-13-15-26-12-10-24(18-27(26)16-14-25)11-17-29(22(4)39)33(41)38-32/h8,10-15,17-18,20-23,29-30,32,37,39H,6-7,9,19H2,1-5H3,(H,36,42)(H,38,41)/b17-11+/t21-,22+,23+,29+,30-,32-/m0/s1. The van der Waals surface area contributed by atoms with E-state index < -0.39 is 54.0 Å². The van der Waals surface area contributed by atoms with Crippen LogP contribution in [-0.2, 0) is 23.9 Å². The highest BCUT2D eigenvalue weighted by atomic mass is 16.5. The molecular weight excluding hydrogens is 558 g/mol. The molecule has 234 valence electrons. The van der Waals surface area contributed by atoms with Gasteiger partial charge >= 0.3 is 5.97 Å². The molecule has 0 saturated heterocycles. The van der Waals surface area contributed by atoms with Crippen LogP contribution in [0, 0.1) is 11.8 Å². The third-order valence-electron chi connectivity index (χ3n) is 8.19. The average Bonchev–Trinajstić information content (AvgIpc) is 3.33. The lowest BCUT2D eigenvalue weighted by atomic mass is 9.97. The van der Waals surface area contributed by atoms with Gasteiger partial charge in [-0.3, -0.25) is 14.4 Å². The molecule has 2 amide bonds. The van der Waals surface area contributed by atoms with E-state index in [4.69, 9.17) is 4.74 Å². The number of ether oxygens (including phenoxy) is 1. The Morgan fingerprint density at radius 2 is 1.77 bits per heavy atom. The molecule has 6 atom stereocenters. The van der Waals surface area contributed by atoms with Gasteiger partial charge in [0.25, 0.3) is 0 Å². The summed E-state index contributed by atoms with van der Waals surface area (Å²) in [6.07, 6.45) is 11.4. The first-order valence-electron chi connectivity index (χ1n) is 15.4. The maximum Gasteiger partial charge on any atom is 0.329 e. The molecule has 2 heterocycles. The third kappa shape index (κ3) is 8.24. The number of rotatable bonds is 2. The number of amides is 2. The summed E-state index contributed by atoms with van der Waals surface area (Å²) in [6, 6.07) is 3.40. The molecule has 3 aliphatic rings. The van der Waals surface area contributed by atoms with Crippen molar-refractivity contribution in [2.75, 3.05) is 0 Å². The molecule has 0 fully saturated rings. The minimum atomic E-state index is -1.02. The number of hydrogen-bond acceptors (Lipinski definition) is 7. The van der Waals surface area contributed by atoms with Crippen molar-refractivity contribution in [1.82, 2.24) is 16.0 Å². The summed E-state index contributed by atoms with van der Waals surface area (Å²) in [5, 5.41) is 20.9. The second-order valence-corrected chi connectivity index (χ2v) is 12.1. The van der Waals surface area contributed by atoms with E-state index >= 15 is 0 Å². The SMILES string of the molecule is CC(C)[C@@H]1NC(=O)[C@@H]([C@@H](C)O)/C=C/c2ccc3c(c2)=C=CC(=CC=3)[C@@H](C)OC(=O)[C@@H]2CCCC=C(CC(=O)[C@H](C)NC1=O)N2. The van der Waals surface area contributed by atoms with Gasteiger partial charge in [0.2, 0.25) is 11.8 Å². The van der Waals surface area contributed by atoms with Gasteiger partial charge in [-0.1, -0.05) is 56.4 Å². The quantitative estimate of drug-likeness (QED) is 0.381. The zero-order valence-electron chi connectivity index (χ0n) is 26.1. The van der Waals surface area contributed by atoms with Crippen molar-refractivity contribution in [1.29, 1.82) is 0 Å². The lowest BCUT2D eigenvalue weighted by Gasteiger charge is -2.26. The van der Waals surface area contributed by atoms with E-state index in [-0.39, 0.29) is 18.1 Å². The van der Waals surface area contributed by atoms with Crippen LogP contribution in [0.1, 0.15) is 65.9 Å². The number of fused-ring (bicyclic) bond motifs is 4. The highest BCUT2D eigenvalue weighted by Crippen LogP contribution is 2.18.